The van der Waals surface area contributed by atoms with E-state index in [2.05, 4.69) is 25.3 Å². The van der Waals surface area contributed by atoms with Gasteiger partial charge < -0.3 is 0 Å². The Morgan fingerprint density at radius 1 is 0.615 bits per heavy atom. The number of rotatable bonds is 0. The molecule has 0 aliphatic rings. The van der Waals surface area contributed by atoms with Gasteiger partial charge in [0.25, 0.3) is 0 Å². The van der Waals surface area contributed by atoms with Gasteiger partial charge >= 0.3 is 16.5 Å². The summed E-state index contributed by atoms with van der Waals surface area (Å²) < 4.78 is 0. The Morgan fingerprint density at radius 2 is 0.846 bits per heavy atom. The average molecular weight is 339 g/mol. The maximum absolute atomic E-state index is 5.76. The van der Waals surface area contributed by atoms with Crippen molar-refractivity contribution < 1.29 is 16.5 Å². The normalized spacial score (nSPS) is 9.69. The number of hydrogen-bond acceptors (Lipinski definition) is 2. The fourth-order valence-corrected chi connectivity index (χ4v) is 2.17. The van der Waals surface area contributed by atoms with Crippen molar-refractivity contribution in [2.75, 3.05) is 0 Å². The summed E-state index contributed by atoms with van der Waals surface area (Å²) in [6, 6.07) is 0. The standard InChI is InChI=1S/C6H2Cl4S2.Ni/c7-1-2(8)4(10)6(12)5(11)3(1)9;/h11-12H;/q;+2. The van der Waals surface area contributed by atoms with E-state index in [0.29, 0.717) is 9.79 Å². The summed E-state index contributed by atoms with van der Waals surface area (Å²) in [6.45, 7) is 0. The van der Waals surface area contributed by atoms with Gasteiger partial charge in [-0.1, -0.05) is 46.4 Å². The Balaban J connectivity index is 0.00000144. The summed E-state index contributed by atoms with van der Waals surface area (Å²) >= 11 is 31.1. The summed E-state index contributed by atoms with van der Waals surface area (Å²) in [7, 11) is 0. The summed E-state index contributed by atoms with van der Waals surface area (Å²) in [5.41, 5.74) is 0. The molecule has 0 aliphatic heterocycles. The van der Waals surface area contributed by atoms with Crippen LogP contribution in [0.5, 0.6) is 0 Å². The van der Waals surface area contributed by atoms with Crippen molar-refractivity contribution in [1.29, 1.82) is 0 Å². The van der Waals surface area contributed by atoms with Crippen LogP contribution in [0.25, 0.3) is 0 Å². The minimum absolute atomic E-state index is 0. The smallest absolute Gasteiger partial charge is 0.141 e. The molecule has 0 aromatic heterocycles. The number of hydrogen-bond donors (Lipinski definition) is 2. The molecule has 0 saturated heterocycles. The van der Waals surface area contributed by atoms with Gasteiger partial charge in [-0.3, -0.25) is 0 Å². The molecule has 0 heterocycles. The molecular weight excluding hydrogens is 337 g/mol. The molecule has 0 unspecified atom stereocenters. The van der Waals surface area contributed by atoms with Gasteiger partial charge in [-0.2, -0.15) is 0 Å². The van der Waals surface area contributed by atoms with Crippen molar-refractivity contribution in [2.45, 2.75) is 9.79 Å². The quantitative estimate of drug-likeness (QED) is 0.286. The zero-order valence-corrected chi connectivity index (χ0v) is 11.5. The van der Waals surface area contributed by atoms with Crippen LogP contribution in [0.3, 0.4) is 0 Å². The molecule has 0 radical (unpaired) electrons. The van der Waals surface area contributed by atoms with E-state index in [1.165, 1.54) is 0 Å². The minimum atomic E-state index is 0. The van der Waals surface area contributed by atoms with Gasteiger partial charge in [-0.05, 0) is 0 Å². The number of thiol groups is 2. The Bertz CT molecular complexity index is 237. The molecule has 0 spiro atoms. The molecule has 0 nitrogen and oxygen atoms in total. The third kappa shape index (κ3) is 2.78. The fraction of sp³-hybridized carbons (Fsp3) is 0. The molecule has 13 heavy (non-hydrogen) atoms. The monoisotopic (exact) mass is 336 g/mol. The maximum Gasteiger partial charge on any atom is 2.00 e. The molecule has 1 aromatic carbocycles. The molecule has 0 amide bonds. The van der Waals surface area contributed by atoms with Gasteiger partial charge in [0.1, 0.15) is 0 Å². The Kier molecular flexibility index (Phi) is 6.28. The van der Waals surface area contributed by atoms with E-state index < -0.39 is 0 Å². The summed E-state index contributed by atoms with van der Waals surface area (Å²) in [5, 5.41) is 0.927. The van der Waals surface area contributed by atoms with Crippen molar-refractivity contribution >= 4 is 71.7 Å². The van der Waals surface area contributed by atoms with Gasteiger partial charge in [-0.15, -0.1) is 25.3 Å². The first-order valence-corrected chi connectivity index (χ1v) is 5.11. The Morgan fingerprint density at radius 3 is 1.08 bits per heavy atom. The van der Waals surface area contributed by atoms with Crippen molar-refractivity contribution in [1.82, 2.24) is 0 Å². The Hall–Kier alpha value is 1.57. The maximum atomic E-state index is 5.76. The van der Waals surface area contributed by atoms with Gasteiger partial charge in [0, 0.05) is 9.79 Å². The first-order chi connectivity index (χ1) is 5.46. The molecule has 1 rings (SSSR count). The van der Waals surface area contributed by atoms with E-state index in [9.17, 15) is 0 Å². The summed E-state index contributed by atoms with van der Waals surface area (Å²) in [6.07, 6.45) is 0. The molecule has 0 N–H and O–H groups in total. The van der Waals surface area contributed by atoms with Crippen LogP contribution < -0.4 is 0 Å². The number of benzene rings is 1. The van der Waals surface area contributed by atoms with Crippen LogP contribution >= 0.6 is 71.7 Å². The minimum Gasteiger partial charge on any atom is -0.141 e. The molecule has 0 aliphatic carbocycles. The van der Waals surface area contributed by atoms with E-state index in [1.54, 1.807) is 0 Å². The predicted octanol–water partition coefficient (Wildman–Crippen LogP) is 4.88. The fourth-order valence-electron chi connectivity index (χ4n) is 0.609. The molecule has 0 bridgehead atoms. The summed E-state index contributed by atoms with van der Waals surface area (Å²) in [5.74, 6) is 0. The van der Waals surface area contributed by atoms with Gasteiger partial charge in [0.05, 0.1) is 20.1 Å². The van der Waals surface area contributed by atoms with Crippen LogP contribution in [0.2, 0.25) is 20.1 Å². The van der Waals surface area contributed by atoms with Crippen LogP contribution in [0.1, 0.15) is 0 Å². The van der Waals surface area contributed by atoms with Crippen LogP contribution in [0, 0.1) is 0 Å². The molecule has 0 saturated carbocycles. The topological polar surface area (TPSA) is 0 Å². The van der Waals surface area contributed by atoms with Crippen molar-refractivity contribution in [3.8, 4) is 0 Å². The van der Waals surface area contributed by atoms with Gasteiger partial charge in [-0.25, -0.2) is 0 Å². The zero-order chi connectivity index (χ0) is 9.46. The second-order valence-corrected chi connectivity index (χ2v) is 4.36. The molecule has 7 heteroatoms. The van der Waals surface area contributed by atoms with Gasteiger partial charge in [0.15, 0.2) is 0 Å². The predicted molar refractivity (Wildman–Crippen MR) is 61.0 cm³/mol. The van der Waals surface area contributed by atoms with Crippen molar-refractivity contribution in [2.24, 2.45) is 0 Å². The molecule has 1 aromatic rings. The molecule has 0 atom stereocenters. The van der Waals surface area contributed by atoms with E-state index in [0.717, 1.165) is 0 Å². The van der Waals surface area contributed by atoms with E-state index >= 15 is 0 Å². The van der Waals surface area contributed by atoms with Gasteiger partial charge in [0.2, 0.25) is 0 Å². The Labute approximate surface area is 117 Å². The molecule has 0 fully saturated rings. The van der Waals surface area contributed by atoms with E-state index in [4.69, 9.17) is 46.4 Å². The third-order valence-electron chi connectivity index (χ3n) is 1.22. The van der Waals surface area contributed by atoms with E-state index in [1.807, 2.05) is 0 Å². The SMILES string of the molecule is Sc1c(S)c(Cl)c(Cl)c(Cl)c1Cl.[Ni+2]. The second-order valence-electron chi connectivity index (χ2n) is 1.95. The van der Waals surface area contributed by atoms with Crippen LogP contribution in [-0.2, 0) is 16.5 Å². The van der Waals surface area contributed by atoms with Crippen LogP contribution in [-0.4, -0.2) is 0 Å². The first-order valence-electron chi connectivity index (χ1n) is 2.70. The van der Waals surface area contributed by atoms with Crippen LogP contribution in [0.15, 0.2) is 9.79 Å². The zero-order valence-electron chi connectivity index (χ0n) is 5.72. The molecule has 74 valence electrons. The van der Waals surface area contributed by atoms with E-state index in [-0.39, 0.29) is 36.6 Å². The third-order valence-corrected chi connectivity index (χ3v) is 4.35. The number of halogens is 4. The second kappa shape index (κ2) is 5.60. The van der Waals surface area contributed by atoms with Crippen molar-refractivity contribution in [3.05, 3.63) is 20.1 Å². The average Bonchev–Trinajstić information content (AvgIpc) is 2.08. The van der Waals surface area contributed by atoms with Crippen molar-refractivity contribution in [3.63, 3.8) is 0 Å². The first kappa shape index (κ1) is 14.6. The largest absolute Gasteiger partial charge is 2.00 e. The summed E-state index contributed by atoms with van der Waals surface area (Å²) in [4.78, 5) is 0.860. The molecular formula is C6H2Cl4NiS2+2. The van der Waals surface area contributed by atoms with Crippen LogP contribution in [0.4, 0.5) is 0 Å².